The Kier molecular flexibility index (Phi) is 4.93. The molecule has 0 fully saturated rings. The van der Waals surface area contributed by atoms with Crippen LogP contribution in [0.1, 0.15) is 16.3 Å². The topological polar surface area (TPSA) is 34.1 Å². The lowest BCUT2D eigenvalue weighted by atomic mass is 10.0. The maximum atomic E-state index is 5.17. The molecule has 1 aromatic heterocycles. The number of methoxy groups -OCH3 is 1. The standard InChI is InChI=1S/C15H20N2OS/c1-11-17-14(10-19-11)9-13(16-2)8-12-4-6-15(18-3)7-5-12/h4-7,10,13,16H,8-9H2,1-3H3. The molecular formula is C15H20N2OS. The van der Waals surface area contributed by atoms with E-state index in [1.165, 1.54) is 11.3 Å². The summed E-state index contributed by atoms with van der Waals surface area (Å²) in [7, 11) is 3.70. The summed E-state index contributed by atoms with van der Waals surface area (Å²) in [4.78, 5) is 4.53. The molecule has 1 N–H and O–H groups in total. The molecule has 1 aromatic carbocycles. The molecule has 102 valence electrons. The Bertz CT molecular complexity index is 507. The van der Waals surface area contributed by atoms with Gasteiger partial charge in [0.15, 0.2) is 0 Å². The zero-order chi connectivity index (χ0) is 13.7. The first kappa shape index (κ1) is 14.0. The van der Waals surface area contributed by atoms with Gasteiger partial charge in [0.25, 0.3) is 0 Å². The molecule has 0 saturated carbocycles. The largest absolute Gasteiger partial charge is 0.497 e. The van der Waals surface area contributed by atoms with Gasteiger partial charge in [0, 0.05) is 17.8 Å². The van der Waals surface area contributed by atoms with E-state index in [1.54, 1.807) is 18.4 Å². The van der Waals surface area contributed by atoms with Crippen molar-refractivity contribution in [2.24, 2.45) is 0 Å². The molecule has 1 heterocycles. The number of aryl methyl sites for hydroxylation is 1. The van der Waals surface area contributed by atoms with Gasteiger partial charge >= 0.3 is 0 Å². The predicted octanol–water partition coefficient (Wildman–Crippen LogP) is 2.83. The lowest BCUT2D eigenvalue weighted by Gasteiger charge is -2.15. The number of aromatic nitrogens is 1. The van der Waals surface area contributed by atoms with Gasteiger partial charge in [0.1, 0.15) is 5.75 Å². The summed E-state index contributed by atoms with van der Waals surface area (Å²) in [5, 5.41) is 6.65. The highest BCUT2D eigenvalue weighted by Gasteiger charge is 2.10. The molecule has 0 aliphatic carbocycles. The third-order valence-electron chi connectivity index (χ3n) is 3.17. The number of hydrogen-bond donors (Lipinski definition) is 1. The molecule has 0 bridgehead atoms. The Labute approximate surface area is 118 Å². The van der Waals surface area contributed by atoms with E-state index in [0.717, 1.165) is 23.6 Å². The number of thiazole rings is 1. The fraction of sp³-hybridized carbons (Fsp3) is 0.400. The highest BCUT2D eigenvalue weighted by molar-refractivity contribution is 7.09. The van der Waals surface area contributed by atoms with Crippen molar-refractivity contribution in [2.75, 3.05) is 14.2 Å². The van der Waals surface area contributed by atoms with Crippen molar-refractivity contribution in [3.8, 4) is 5.75 Å². The van der Waals surface area contributed by atoms with Gasteiger partial charge in [-0.05, 0) is 38.1 Å². The van der Waals surface area contributed by atoms with Crippen molar-refractivity contribution in [1.29, 1.82) is 0 Å². The first-order chi connectivity index (χ1) is 9.21. The maximum absolute atomic E-state index is 5.17. The molecule has 0 spiro atoms. The number of benzene rings is 1. The van der Waals surface area contributed by atoms with Gasteiger partial charge in [-0.15, -0.1) is 11.3 Å². The minimum Gasteiger partial charge on any atom is -0.497 e. The van der Waals surface area contributed by atoms with E-state index in [2.05, 4.69) is 27.8 Å². The number of ether oxygens (including phenoxy) is 1. The second kappa shape index (κ2) is 6.68. The molecule has 1 unspecified atom stereocenters. The van der Waals surface area contributed by atoms with Crippen molar-refractivity contribution >= 4 is 11.3 Å². The molecule has 3 nitrogen and oxygen atoms in total. The van der Waals surface area contributed by atoms with Gasteiger partial charge < -0.3 is 10.1 Å². The fourth-order valence-electron chi connectivity index (χ4n) is 2.08. The molecule has 1 atom stereocenters. The summed E-state index contributed by atoms with van der Waals surface area (Å²) in [6.45, 7) is 2.05. The predicted molar refractivity (Wildman–Crippen MR) is 80.1 cm³/mol. The van der Waals surface area contributed by atoms with Gasteiger partial charge in [-0.1, -0.05) is 12.1 Å². The fourth-order valence-corrected chi connectivity index (χ4v) is 2.70. The van der Waals surface area contributed by atoms with Crippen LogP contribution in [0.15, 0.2) is 29.6 Å². The van der Waals surface area contributed by atoms with Gasteiger partial charge in [-0.25, -0.2) is 4.98 Å². The number of nitrogens with zero attached hydrogens (tertiary/aromatic N) is 1. The number of hydrogen-bond acceptors (Lipinski definition) is 4. The minimum absolute atomic E-state index is 0.412. The van der Waals surface area contributed by atoms with Crippen LogP contribution in [-0.2, 0) is 12.8 Å². The van der Waals surface area contributed by atoms with Crippen LogP contribution in [-0.4, -0.2) is 25.2 Å². The first-order valence-corrected chi connectivity index (χ1v) is 7.30. The molecule has 2 rings (SSSR count). The third-order valence-corrected chi connectivity index (χ3v) is 3.99. The maximum Gasteiger partial charge on any atom is 0.118 e. The second-order valence-corrected chi connectivity index (χ2v) is 5.66. The lowest BCUT2D eigenvalue weighted by Crippen LogP contribution is -2.30. The molecule has 0 aliphatic heterocycles. The zero-order valence-corrected chi connectivity index (χ0v) is 12.5. The smallest absolute Gasteiger partial charge is 0.118 e. The molecule has 0 radical (unpaired) electrons. The van der Waals surface area contributed by atoms with Gasteiger partial charge in [0.2, 0.25) is 0 Å². The summed E-state index contributed by atoms with van der Waals surface area (Å²) in [5.74, 6) is 0.903. The molecule has 0 amide bonds. The lowest BCUT2D eigenvalue weighted by molar-refractivity contribution is 0.414. The van der Waals surface area contributed by atoms with E-state index in [0.29, 0.717) is 6.04 Å². The zero-order valence-electron chi connectivity index (χ0n) is 11.6. The van der Waals surface area contributed by atoms with Gasteiger partial charge in [-0.2, -0.15) is 0 Å². The van der Waals surface area contributed by atoms with Crippen molar-refractivity contribution in [1.82, 2.24) is 10.3 Å². The summed E-state index contributed by atoms with van der Waals surface area (Å²) in [6.07, 6.45) is 1.96. The summed E-state index contributed by atoms with van der Waals surface area (Å²) < 4.78 is 5.17. The first-order valence-electron chi connectivity index (χ1n) is 6.42. The molecule has 4 heteroatoms. The van der Waals surface area contributed by atoms with Crippen LogP contribution >= 0.6 is 11.3 Å². The van der Waals surface area contributed by atoms with Crippen LogP contribution in [0.2, 0.25) is 0 Å². The van der Waals surface area contributed by atoms with Crippen molar-refractivity contribution in [2.45, 2.75) is 25.8 Å². The van der Waals surface area contributed by atoms with E-state index in [1.807, 2.05) is 26.1 Å². The van der Waals surface area contributed by atoms with Crippen LogP contribution in [0.3, 0.4) is 0 Å². The third kappa shape index (κ3) is 4.04. The summed E-state index contributed by atoms with van der Waals surface area (Å²) in [6, 6.07) is 8.67. The second-order valence-electron chi connectivity index (χ2n) is 4.60. The Morgan fingerprint density at radius 1 is 1.26 bits per heavy atom. The van der Waals surface area contributed by atoms with E-state index < -0.39 is 0 Å². The average molecular weight is 276 g/mol. The van der Waals surface area contributed by atoms with E-state index in [-0.39, 0.29) is 0 Å². The van der Waals surface area contributed by atoms with Crippen molar-refractivity contribution in [3.05, 3.63) is 45.9 Å². The summed E-state index contributed by atoms with van der Waals surface area (Å²) >= 11 is 1.71. The number of rotatable bonds is 6. The molecular weight excluding hydrogens is 256 g/mol. The van der Waals surface area contributed by atoms with Crippen LogP contribution < -0.4 is 10.1 Å². The quantitative estimate of drug-likeness (QED) is 0.881. The molecule has 2 aromatic rings. The number of likely N-dealkylation sites (N-methyl/N-ethyl adjacent to an activating group) is 1. The van der Waals surface area contributed by atoms with Crippen LogP contribution in [0.4, 0.5) is 0 Å². The molecule has 0 saturated heterocycles. The van der Waals surface area contributed by atoms with Gasteiger partial charge in [0.05, 0.1) is 17.8 Å². The normalized spacial score (nSPS) is 12.4. The minimum atomic E-state index is 0.412. The SMILES string of the molecule is CNC(Cc1ccc(OC)cc1)Cc1csc(C)n1. The highest BCUT2D eigenvalue weighted by atomic mass is 32.1. The Hall–Kier alpha value is -1.39. The van der Waals surface area contributed by atoms with E-state index >= 15 is 0 Å². The van der Waals surface area contributed by atoms with Gasteiger partial charge in [-0.3, -0.25) is 0 Å². The van der Waals surface area contributed by atoms with Crippen LogP contribution in [0.25, 0.3) is 0 Å². The Morgan fingerprint density at radius 2 is 2.00 bits per heavy atom. The Balaban J connectivity index is 1.97. The number of nitrogens with one attached hydrogen (secondary N) is 1. The van der Waals surface area contributed by atoms with Crippen LogP contribution in [0, 0.1) is 6.92 Å². The van der Waals surface area contributed by atoms with E-state index in [9.17, 15) is 0 Å². The highest BCUT2D eigenvalue weighted by Crippen LogP contribution is 2.15. The summed E-state index contributed by atoms with van der Waals surface area (Å²) in [5.41, 5.74) is 2.49. The average Bonchev–Trinajstić information content (AvgIpc) is 2.84. The Morgan fingerprint density at radius 3 is 2.53 bits per heavy atom. The van der Waals surface area contributed by atoms with E-state index in [4.69, 9.17) is 4.74 Å². The monoisotopic (exact) mass is 276 g/mol. The molecule has 19 heavy (non-hydrogen) atoms. The molecule has 0 aliphatic rings. The van der Waals surface area contributed by atoms with Crippen LogP contribution in [0.5, 0.6) is 5.75 Å². The van der Waals surface area contributed by atoms with Crippen molar-refractivity contribution < 1.29 is 4.74 Å². The van der Waals surface area contributed by atoms with Crippen molar-refractivity contribution in [3.63, 3.8) is 0 Å².